The fourth-order valence-corrected chi connectivity index (χ4v) is 2.80. The molecule has 0 spiro atoms. The first-order valence-corrected chi connectivity index (χ1v) is 7.97. The molecule has 0 radical (unpaired) electrons. The van der Waals surface area contributed by atoms with E-state index in [2.05, 4.69) is 15.5 Å². The summed E-state index contributed by atoms with van der Waals surface area (Å²) in [6.45, 7) is 4.26. The summed E-state index contributed by atoms with van der Waals surface area (Å²) in [5.41, 5.74) is -0.126. The molecule has 0 aliphatic rings. The molecule has 0 aliphatic heterocycles. The van der Waals surface area contributed by atoms with Gasteiger partial charge in [-0.2, -0.15) is 5.10 Å². The monoisotopic (exact) mass is 369 g/mol. The van der Waals surface area contributed by atoms with Gasteiger partial charge in [-0.1, -0.05) is 11.6 Å². The molecule has 0 saturated heterocycles. The van der Waals surface area contributed by atoms with E-state index < -0.39 is 10.8 Å². The number of hydrogen-bond acceptors (Lipinski definition) is 5. The van der Waals surface area contributed by atoms with Crippen LogP contribution in [0.3, 0.4) is 0 Å². The third kappa shape index (κ3) is 3.98. The molecule has 8 nitrogen and oxygen atoms in total. The highest BCUT2D eigenvalue weighted by Gasteiger charge is 2.16. The van der Waals surface area contributed by atoms with Gasteiger partial charge in [-0.3, -0.25) is 20.0 Å². The molecule has 1 aromatic heterocycles. The van der Waals surface area contributed by atoms with Crippen molar-refractivity contribution >= 4 is 35.4 Å². The lowest BCUT2D eigenvalue weighted by molar-refractivity contribution is -0.384. The summed E-state index contributed by atoms with van der Waals surface area (Å²) >= 11 is 11.1. The summed E-state index contributed by atoms with van der Waals surface area (Å²) in [5, 5.41) is 20.5. The molecular weight excluding hydrogens is 354 g/mol. The van der Waals surface area contributed by atoms with Crippen LogP contribution in [0.25, 0.3) is 0 Å². The Morgan fingerprint density at radius 1 is 1.54 bits per heavy atom. The number of carbonyl (C=O) groups is 1. The largest absolute Gasteiger partial charge is 0.352 e. The van der Waals surface area contributed by atoms with Crippen molar-refractivity contribution < 1.29 is 9.72 Å². The molecule has 2 aromatic rings. The summed E-state index contributed by atoms with van der Waals surface area (Å²) in [6, 6.07) is 3.88. The molecule has 2 rings (SSSR count). The van der Waals surface area contributed by atoms with Gasteiger partial charge in [0.1, 0.15) is 5.82 Å². The van der Waals surface area contributed by atoms with Gasteiger partial charge in [0.15, 0.2) is 4.77 Å². The van der Waals surface area contributed by atoms with E-state index in [0.717, 1.165) is 11.9 Å². The topological polar surface area (TPSA) is 106 Å². The van der Waals surface area contributed by atoms with Crippen molar-refractivity contribution in [1.29, 1.82) is 0 Å². The SMILES string of the molecule is CC(C)n1c(CCNC(=O)c2cc([N+](=O)[O-])ccc2Cl)n[nH]c1=S. The number of aromatic nitrogens is 3. The standard InChI is InChI=1S/C14H16ClN5O3S/c1-8(2)19-12(17-18-14(19)24)5-6-16-13(21)10-7-9(20(22)23)3-4-11(10)15/h3-4,7-8H,5-6H2,1-2H3,(H,16,21)(H,18,24). The predicted molar refractivity (Wildman–Crippen MR) is 91.9 cm³/mol. The van der Waals surface area contributed by atoms with Crippen molar-refractivity contribution in [2.75, 3.05) is 6.54 Å². The van der Waals surface area contributed by atoms with Crippen LogP contribution in [0.2, 0.25) is 5.02 Å². The molecule has 0 bridgehead atoms. The Balaban J connectivity index is 2.06. The van der Waals surface area contributed by atoms with E-state index in [1.165, 1.54) is 12.1 Å². The summed E-state index contributed by atoms with van der Waals surface area (Å²) in [7, 11) is 0. The number of amides is 1. The van der Waals surface area contributed by atoms with Crippen molar-refractivity contribution in [3.63, 3.8) is 0 Å². The molecule has 1 aromatic carbocycles. The number of nitrogens with one attached hydrogen (secondary N) is 2. The molecule has 0 fully saturated rings. The highest BCUT2D eigenvalue weighted by molar-refractivity contribution is 7.71. The Hall–Kier alpha value is -2.26. The normalized spacial score (nSPS) is 10.8. The van der Waals surface area contributed by atoms with Gasteiger partial charge in [0.25, 0.3) is 11.6 Å². The lowest BCUT2D eigenvalue weighted by atomic mass is 10.2. The lowest BCUT2D eigenvalue weighted by Crippen LogP contribution is -2.27. The van der Waals surface area contributed by atoms with E-state index in [1.54, 1.807) is 0 Å². The van der Waals surface area contributed by atoms with Gasteiger partial charge in [-0.05, 0) is 32.1 Å². The number of aromatic amines is 1. The number of non-ortho nitro benzene ring substituents is 1. The summed E-state index contributed by atoms with van der Waals surface area (Å²) in [5.74, 6) is 0.245. The Kier molecular flexibility index (Phi) is 5.68. The Morgan fingerprint density at radius 2 is 2.25 bits per heavy atom. The second-order valence-electron chi connectivity index (χ2n) is 5.34. The minimum Gasteiger partial charge on any atom is -0.352 e. The zero-order valence-electron chi connectivity index (χ0n) is 13.1. The summed E-state index contributed by atoms with van der Waals surface area (Å²) in [6.07, 6.45) is 0.462. The van der Waals surface area contributed by atoms with Gasteiger partial charge < -0.3 is 9.88 Å². The smallest absolute Gasteiger partial charge is 0.270 e. The zero-order valence-corrected chi connectivity index (χ0v) is 14.6. The quantitative estimate of drug-likeness (QED) is 0.462. The molecule has 128 valence electrons. The first kappa shape index (κ1) is 18.1. The second-order valence-corrected chi connectivity index (χ2v) is 6.13. The minimum absolute atomic E-state index is 0.0635. The van der Waals surface area contributed by atoms with E-state index in [4.69, 9.17) is 23.8 Å². The van der Waals surface area contributed by atoms with Crippen LogP contribution in [0.1, 0.15) is 36.1 Å². The lowest BCUT2D eigenvalue weighted by Gasteiger charge is -2.11. The minimum atomic E-state index is -0.576. The van der Waals surface area contributed by atoms with Crippen LogP contribution in [0.15, 0.2) is 18.2 Å². The first-order valence-electron chi connectivity index (χ1n) is 7.19. The van der Waals surface area contributed by atoms with E-state index in [-0.39, 0.29) is 22.3 Å². The van der Waals surface area contributed by atoms with E-state index >= 15 is 0 Å². The number of carbonyl (C=O) groups excluding carboxylic acids is 1. The molecule has 0 aliphatic carbocycles. The number of H-pyrrole nitrogens is 1. The average Bonchev–Trinajstić information content (AvgIpc) is 2.88. The van der Waals surface area contributed by atoms with Crippen LogP contribution in [-0.2, 0) is 6.42 Å². The first-order chi connectivity index (χ1) is 11.3. The number of hydrogen-bond donors (Lipinski definition) is 2. The van der Waals surface area contributed by atoms with Crippen LogP contribution in [0, 0.1) is 14.9 Å². The Bertz CT molecular complexity index is 830. The van der Waals surface area contributed by atoms with Gasteiger partial charge in [0.05, 0.1) is 15.5 Å². The van der Waals surface area contributed by atoms with Crippen LogP contribution in [-0.4, -0.2) is 32.1 Å². The fraction of sp³-hybridized carbons (Fsp3) is 0.357. The Morgan fingerprint density at radius 3 is 2.88 bits per heavy atom. The average molecular weight is 370 g/mol. The number of nitro groups is 1. The van der Waals surface area contributed by atoms with Crippen LogP contribution < -0.4 is 5.32 Å². The molecule has 10 heteroatoms. The predicted octanol–water partition coefficient (Wildman–Crippen LogP) is 3.06. The van der Waals surface area contributed by atoms with E-state index in [9.17, 15) is 14.9 Å². The highest BCUT2D eigenvalue weighted by Crippen LogP contribution is 2.21. The van der Waals surface area contributed by atoms with Gasteiger partial charge in [0.2, 0.25) is 0 Å². The zero-order chi connectivity index (χ0) is 17.9. The number of benzene rings is 1. The van der Waals surface area contributed by atoms with Crippen molar-refractivity contribution in [3.8, 4) is 0 Å². The molecule has 2 N–H and O–H groups in total. The molecule has 1 heterocycles. The summed E-state index contributed by atoms with van der Waals surface area (Å²) < 4.78 is 2.38. The number of halogens is 1. The number of nitrogens with zero attached hydrogens (tertiary/aromatic N) is 3. The second kappa shape index (κ2) is 7.54. The molecule has 0 unspecified atom stereocenters. The van der Waals surface area contributed by atoms with Crippen molar-refractivity contribution in [1.82, 2.24) is 20.1 Å². The molecule has 1 amide bonds. The maximum atomic E-state index is 12.2. The van der Waals surface area contributed by atoms with E-state index in [1.807, 2.05) is 18.4 Å². The molecular formula is C14H16ClN5O3S. The molecule has 24 heavy (non-hydrogen) atoms. The third-order valence-electron chi connectivity index (χ3n) is 3.33. The fourth-order valence-electron chi connectivity index (χ4n) is 2.23. The van der Waals surface area contributed by atoms with Gasteiger partial charge in [0, 0.05) is 31.1 Å². The maximum Gasteiger partial charge on any atom is 0.270 e. The summed E-state index contributed by atoms with van der Waals surface area (Å²) in [4.78, 5) is 22.4. The number of nitro benzene ring substituents is 1. The third-order valence-corrected chi connectivity index (χ3v) is 3.95. The van der Waals surface area contributed by atoms with Crippen molar-refractivity contribution in [2.45, 2.75) is 26.3 Å². The van der Waals surface area contributed by atoms with E-state index in [0.29, 0.717) is 17.7 Å². The van der Waals surface area contributed by atoms with Crippen LogP contribution >= 0.6 is 23.8 Å². The maximum absolute atomic E-state index is 12.2. The van der Waals surface area contributed by atoms with Gasteiger partial charge in [-0.25, -0.2) is 0 Å². The molecule has 0 atom stereocenters. The van der Waals surface area contributed by atoms with Crippen LogP contribution in [0.4, 0.5) is 5.69 Å². The van der Waals surface area contributed by atoms with Crippen molar-refractivity contribution in [2.24, 2.45) is 0 Å². The molecule has 0 saturated carbocycles. The van der Waals surface area contributed by atoms with Gasteiger partial charge >= 0.3 is 0 Å². The van der Waals surface area contributed by atoms with Crippen molar-refractivity contribution in [3.05, 3.63) is 49.5 Å². The van der Waals surface area contributed by atoms with Gasteiger partial charge in [-0.15, -0.1) is 0 Å². The highest BCUT2D eigenvalue weighted by atomic mass is 35.5. The number of rotatable bonds is 6. The Labute approximate surface area is 148 Å². The van der Waals surface area contributed by atoms with Crippen LogP contribution in [0.5, 0.6) is 0 Å².